The van der Waals surface area contributed by atoms with Gasteiger partial charge in [-0.15, -0.1) is 11.8 Å². The molecule has 0 radical (unpaired) electrons. The number of benzene rings is 1. The second-order valence-corrected chi connectivity index (χ2v) is 5.72. The monoisotopic (exact) mass is 309 g/mol. The van der Waals surface area contributed by atoms with Crippen molar-refractivity contribution in [3.05, 3.63) is 46.1 Å². The fourth-order valence-electron chi connectivity index (χ4n) is 1.63. The Morgan fingerprint density at radius 3 is 2.76 bits per heavy atom. The van der Waals surface area contributed by atoms with Crippen LogP contribution in [0, 0.1) is 10.1 Å². The molecule has 7 nitrogen and oxygen atoms in total. The molecule has 112 valence electrons. The first-order chi connectivity index (χ1) is 10.1. The molecule has 0 aliphatic rings. The number of nitro groups is 1. The van der Waals surface area contributed by atoms with Crippen molar-refractivity contribution in [2.45, 2.75) is 23.5 Å². The molecule has 0 fully saturated rings. The zero-order chi connectivity index (χ0) is 15.2. The minimum Gasteiger partial charge on any atom is -0.384 e. The largest absolute Gasteiger partial charge is 0.384 e. The van der Waals surface area contributed by atoms with E-state index in [-0.39, 0.29) is 10.9 Å². The van der Waals surface area contributed by atoms with Crippen molar-refractivity contribution < 1.29 is 14.2 Å². The fourth-order valence-corrected chi connectivity index (χ4v) is 2.53. The van der Waals surface area contributed by atoms with Crippen molar-refractivity contribution >= 4 is 17.4 Å². The van der Waals surface area contributed by atoms with Gasteiger partial charge in [-0.1, -0.05) is 5.16 Å². The molecule has 0 unspecified atom stereocenters. The maximum absolute atomic E-state index is 10.6. The molecule has 1 aromatic carbocycles. The number of thioether (sulfide) groups is 1. The highest BCUT2D eigenvalue weighted by Gasteiger charge is 2.16. The number of hydrogen-bond acceptors (Lipinski definition) is 7. The van der Waals surface area contributed by atoms with Gasteiger partial charge in [-0.25, -0.2) is 0 Å². The number of hydrogen-bond donors (Lipinski definition) is 0. The van der Waals surface area contributed by atoms with E-state index in [1.807, 2.05) is 6.92 Å². The first kappa shape index (κ1) is 15.5. The van der Waals surface area contributed by atoms with Gasteiger partial charge in [0, 0.05) is 30.6 Å². The Bertz CT molecular complexity index is 600. The van der Waals surface area contributed by atoms with Crippen molar-refractivity contribution in [2.24, 2.45) is 0 Å². The average Bonchev–Trinajstić information content (AvgIpc) is 2.94. The molecule has 0 N–H and O–H groups in total. The molecule has 1 heterocycles. The van der Waals surface area contributed by atoms with E-state index < -0.39 is 4.92 Å². The summed E-state index contributed by atoms with van der Waals surface area (Å²) < 4.78 is 10.2. The van der Waals surface area contributed by atoms with Crippen LogP contribution in [0.3, 0.4) is 0 Å². The molecule has 0 saturated carbocycles. The van der Waals surface area contributed by atoms with Gasteiger partial charge in [0.2, 0.25) is 5.89 Å². The molecule has 21 heavy (non-hydrogen) atoms. The third-order valence-corrected chi connectivity index (χ3v) is 3.82. The van der Waals surface area contributed by atoms with Crippen molar-refractivity contribution in [1.29, 1.82) is 0 Å². The van der Waals surface area contributed by atoms with Crippen LogP contribution in [0.25, 0.3) is 0 Å². The molecular weight excluding hydrogens is 294 g/mol. The van der Waals surface area contributed by atoms with Gasteiger partial charge in [0.15, 0.2) is 5.82 Å². The van der Waals surface area contributed by atoms with E-state index in [0.717, 1.165) is 4.90 Å². The fraction of sp³-hybridized carbons (Fsp3) is 0.385. The average molecular weight is 309 g/mol. The van der Waals surface area contributed by atoms with E-state index in [1.54, 1.807) is 19.2 Å². The van der Waals surface area contributed by atoms with Gasteiger partial charge in [-0.3, -0.25) is 10.1 Å². The summed E-state index contributed by atoms with van der Waals surface area (Å²) in [5, 5.41) is 14.5. The molecule has 0 saturated heterocycles. The normalized spacial score (nSPS) is 12.3. The molecule has 8 heteroatoms. The minimum atomic E-state index is -0.419. The number of ether oxygens (including phenoxy) is 1. The molecule has 2 aromatic rings. The highest BCUT2D eigenvalue weighted by Crippen LogP contribution is 2.34. The van der Waals surface area contributed by atoms with E-state index in [4.69, 9.17) is 9.26 Å². The summed E-state index contributed by atoms with van der Waals surface area (Å²) in [5.41, 5.74) is 0.0756. The summed E-state index contributed by atoms with van der Waals surface area (Å²) in [6.45, 7) is 2.49. The lowest BCUT2D eigenvalue weighted by Crippen LogP contribution is -1.97. The number of nitro benzene ring substituents is 1. The van der Waals surface area contributed by atoms with Crippen LogP contribution >= 0.6 is 11.8 Å². The van der Waals surface area contributed by atoms with Gasteiger partial charge in [-0.2, -0.15) is 4.98 Å². The second-order valence-electron chi connectivity index (χ2n) is 4.30. The van der Waals surface area contributed by atoms with E-state index in [1.165, 1.54) is 23.9 Å². The number of non-ortho nitro benzene ring substituents is 1. The van der Waals surface area contributed by atoms with Crippen molar-refractivity contribution in [3.8, 4) is 0 Å². The highest BCUT2D eigenvalue weighted by atomic mass is 32.2. The maximum Gasteiger partial charge on any atom is 0.269 e. The Morgan fingerprint density at radius 1 is 1.43 bits per heavy atom. The first-order valence-corrected chi connectivity index (χ1v) is 7.20. The van der Waals surface area contributed by atoms with Gasteiger partial charge in [-0.05, 0) is 19.1 Å². The zero-order valence-corrected chi connectivity index (χ0v) is 12.5. The summed E-state index contributed by atoms with van der Waals surface area (Å²) in [5.74, 6) is 1.15. The number of aromatic nitrogens is 2. The summed E-state index contributed by atoms with van der Waals surface area (Å²) in [7, 11) is 1.62. The topological polar surface area (TPSA) is 91.3 Å². The van der Waals surface area contributed by atoms with E-state index in [2.05, 4.69) is 10.1 Å². The van der Waals surface area contributed by atoms with Crippen molar-refractivity contribution in [2.75, 3.05) is 13.7 Å². The van der Waals surface area contributed by atoms with Crippen LogP contribution in [0.1, 0.15) is 23.9 Å². The molecule has 2 rings (SSSR count). The van der Waals surface area contributed by atoms with E-state index in [9.17, 15) is 10.1 Å². The standard InChI is InChI=1S/C13H15N3O4S/c1-9(13-14-12(15-20-13)7-8-19-2)21-11-5-3-10(4-6-11)16(17)18/h3-6,9H,7-8H2,1-2H3/t9-/m0/s1. The van der Waals surface area contributed by atoms with Crippen LogP contribution in [0.15, 0.2) is 33.7 Å². The lowest BCUT2D eigenvalue weighted by molar-refractivity contribution is -0.384. The number of nitrogens with zero attached hydrogens (tertiary/aromatic N) is 3. The van der Waals surface area contributed by atoms with Crippen LogP contribution < -0.4 is 0 Å². The van der Waals surface area contributed by atoms with Gasteiger partial charge in [0.1, 0.15) is 0 Å². The van der Waals surface area contributed by atoms with Gasteiger partial charge in [0.25, 0.3) is 5.69 Å². The van der Waals surface area contributed by atoms with Crippen molar-refractivity contribution in [1.82, 2.24) is 10.1 Å². The van der Waals surface area contributed by atoms with Gasteiger partial charge < -0.3 is 9.26 Å². The molecular formula is C13H15N3O4S. The summed E-state index contributed by atoms with van der Waals surface area (Å²) in [6.07, 6.45) is 0.606. The number of methoxy groups -OCH3 is 1. The van der Waals surface area contributed by atoms with Crippen LogP contribution in [-0.2, 0) is 11.2 Å². The number of rotatable bonds is 7. The Hall–Kier alpha value is -1.93. The van der Waals surface area contributed by atoms with Gasteiger partial charge >= 0.3 is 0 Å². The molecule has 0 amide bonds. The van der Waals surface area contributed by atoms with Crippen LogP contribution in [0.5, 0.6) is 0 Å². The smallest absolute Gasteiger partial charge is 0.269 e. The van der Waals surface area contributed by atoms with E-state index in [0.29, 0.717) is 24.7 Å². The molecule has 1 aromatic heterocycles. The van der Waals surface area contributed by atoms with Gasteiger partial charge in [0.05, 0.1) is 16.8 Å². The SMILES string of the molecule is COCCc1noc([C@H](C)Sc2ccc([N+](=O)[O-])cc2)n1. The lowest BCUT2D eigenvalue weighted by atomic mass is 10.3. The summed E-state index contributed by atoms with van der Waals surface area (Å²) in [6, 6.07) is 6.38. The Balaban J connectivity index is 1.98. The molecule has 0 spiro atoms. The van der Waals surface area contributed by atoms with Crippen LogP contribution in [-0.4, -0.2) is 28.8 Å². The minimum absolute atomic E-state index is 0.0322. The first-order valence-electron chi connectivity index (χ1n) is 6.32. The predicted molar refractivity (Wildman–Crippen MR) is 77.2 cm³/mol. The summed E-state index contributed by atoms with van der Waals surface area (Å²) >= 11 is 1.50. The maximum atomic E-state index is 10.6. The van der Waals surface area contributed by atoms with E-state index >= 15 is 0 Å². The lowest BCUT2D eigenvalue weighted by Gasteiger charge is -2.05. The molecule has 0 aliphatic carbocycles. The van der Waals surface area contributed by atoms with Crippen LogP contribution in [0.2, 0.25) is 0 Å². The Morgan fingerprint density at radius 2 is 2.14 bits per heavy atom. The Kier molecular flexibility index (Phi) is 5.29. The Labute approximate surface area is 125 Å². The molecule has 0 bridgehead atoms. The molecule has 0 aliphatic heterocycles. The molecule has 1 atom stereocenters. The zero-order valence-electron chi connectivity index (χ0n) is 11.7. The quantitative estimate of drug-likeness (QED) is 0.441. The van der Waals surface area contributed by atoms with Crippen molar-refractivity contribution in [3.63, 3.8) is 0 Å². The summed E-state index contributed by atoms with van der Waals surface area (Å²) in [4.78, 5) is 15.4. The third kappa shape index (κ3) is 4.27. The van der Waals surface area contributed by atoms with Crippen LogP contribution in [0.4, 0.5) is 5.69 Å². The third-order valence-electron chi connectivity index (χ3n) is 2.72. The second kappa shape index (κ2) is 7.19. The predicted octanol–water partition coefficient (Wildman–Crippen LogP) is 3.02. The highest BCUT2D eigenvalue weighted by molar-refractivity contribution is 7.99.